The van der Waals surface area contributed by atoms with E-state index < -0.39 is 14.9 Å². The van der Waals surface area contributed by atoms with E-state index in [-0.39, 0.29) is 5.91 Å². The van der Waals surface area contributed by atoms with Gasteiger partial charge in [-0.3, -0.25) is 9.69 Å². The van der Waals surface area contributed by atoms with Gasteiger partial charge in [-0.15, -0.1) is 11.8 Å². The lowest BCUT2D eigenvalue weighted by atomic mass is 10.0. The number of piperidine rings is 1. The molecule has 29 heavy (non-hydrogen) atoms. The van der Waals surface area contributed by atoms with Crippen LogP contribution in [0.2, 0.25) is 0 Å². The van der Waals surface area contributed by atoms with Crippen LogP contribution < -0.4 is 9.64 Å². The quantitative estimate of drug-likeness (QED) is 0.645. The van der Waals surface area contributed by atoms with E-state index in [1.54, 1.807) is 43.1 Å². The van der Waals surface area contributed by atoms with E-state index in [2.05, 4.69) is 15.9 Å². The summed E-state index contributed by atoms with van der Waals surface area (Å²) in [5, 5.41) is 0. The Morgan fingerprint density at radius 2 is 1.66 bits per heavy atom. The van der Waals surface area contributed by atoms with Gasteiger partial charge in [0.2, 0.25) is 15.9 Å². The minimum absolute atomic E-state index is 0.0596. The molecule has 2 aliphatic heterocycles. The Morgan fingerprint density at radius 1 is 1.03 bits per heavy atom. The van der Waals surface area contributed by atoms with Crippen LogP contribution in [0.1, 0.15) is 12.8 Å². The van der Waals surface area contributed by atoms with E-state index >= 15 is 0 Å². The summed E-state index contributed by atoms with van der Waals surface area (Å²) in [4.78, 5) is 14.4. The summed E-state index contributed by atoms with van der Waals surface area (Å²) < 4.78 is 33.6. The van der Waals surface area contributed by atoms with Crippen molar-refractivity contribution in [3.8, 4) is 5.75 Å². The van der Waals surface area contributed by atoms with E-state index in [0.717, 1.165) is 15.9 Å². The molecule has 0 N–H and O–H groups in total. The highest BCUT2D eigenvalue weighted by atomic mass is 79.9. The maximum absolute atomic E-state index is 13.0. The van der Waals surface area contributed by atoms with Crippen LogP contribution in [0.3, 0.4) is 0 Å². The lowest BCUT2D eigenvalue weighted by molar-refractivity contribution is -0.116. The first-order valence-electron chi connectivity index (χ1n) is 9.22. The number of halogens is 1. The molecular formula is C20H21BrN2O4S2. The molecule has 0 unspecified atom stereocenters. The summed E-state index contributed by atoms with van der Waals surface area (Å²) in [6, 6.07) is 14.1. The predicted octanol–water partition coefficient (Wildman–Crippen LogP) is 3.72. The lowest BCUT2D eigenvalue weighted by Crippen LogP contribution is -2.53. The number of methoxy groups -OCH3 is 1. The smallest absolute Gasteiger partial charge is 0.243 e. The summed E-state index contributed by atoms with van der Waals surface area (Å²) >= 11 is 4.95. The average molecular weight is 497 g/mol. The number of hydrogen-bond donors (Lipinski definition) is 0. The second kappa shape index (κ2) is 7.94. The number of hydrogen-bond acceptors (Lipinski definition) is 5. The van der Waals surface area contributed by atoms with Crippen molar-refractivity contribution in [2.24, 2.45) is 0 Å². The summed E-state index contributed by atoms with van der Waals surface area (Å²) in [5.74, 6) is 1.20. The van der Waals surface area contributed by atoms with Crippen LogP contribution in [-0.2, 0) is 14.8 Å². The summed E-state index contributed by atoms with van der Waals surface area (Å²) in [5.41, 5.74) is 0.824. The zero-order chi connectivity index (χ0) is 20.6. The fourth-order valence-electron chi connectivity index (χ4n) is 3.86. The van der Waals surface area contributed by atoms with Crippen LogP contribution in [0.25, 0.3) is 0 Å². The van der Waals surface area contributed by atoms with Crippen LogP contribution in [0.5, 0.6) is 5.75 Å². The minimum atomic E-state index is -3.55. The molecule has 2 aliphatic rings. The topological polar surface area (TPSA) is 66.9 Å². The summed E-state index contributed by atoms with van der Waals surface area (Å²) in [6.45, 7) is 0.761. The standard InChI is InChI=1S/C20H21BrN2O4S2/c1-27-17-6-4-16(5-7-17)23-19(24)14-28-20(23)10-12-22(13-11-20)29(25,26)18-8-2-15(21)3-9-18/h2-9H,10-14H2,1H3. The Balaban J connectivity index is 1.55. The van der Waals surface area contributed by atoms with Crippen molar-refractivity contribution >= 4 is 49.3 Å². The first-order chi connectivity index (χ1) is 13.9. The molecule has 1 spiro atoms. The number of benzene rings is 2. The minimum Gasteiger partial charge on any atom is -0.497 e. The molecule has 0 atom stereocenters. The Bertz CT molecular complexity index is 1000. The van der Waals surface area contributed by atoms with E-state index in [0.29, 0.717) is 36.6 Å². The van der Waals surface area contributed by atoms with Gasteiger partial charge in [0, 0.05) is 23.2 Å². The van der Waals surface area contributed by atoms with Crippen LogP contribution in [0, 0.1) is 0 Å². The molecule has 154 valence electrons. The SMILES string of the molecule is COc1ccc(N2C(=O)CSC23CCN(S(=O)(=O)c2ccc(Br)cc2)CC3)cc1. The highest BCUT2D eigenvalue weighted by Gasteiger charge is 2.50. The van der Waals surface area contributed by atoms with Crippen LogP contribution in [0.15, 0.2) is 57.9 Å². The van der Waals surface area contributed by atoms with Crippen molar-refractivity contribution in [1.29, 1.82) is 0 Å². The third kappa shape index (κ3) is 3.81. The number of sulfonamides is 1. The van der Waals surface area contributed by atoms with Gasteiger partial charge in [-0.1, -0.05) is 15.9 Å². The number of nitrogens with zero attached hydrogens (tertiary/aromatic N) is 2. The molecule has 2 heterocycles. The largest absolute Gasteiger partial charge is 0.497 e. The van der Waals surface area contributed by atoms with E-state index in [4.69, 9.17) is 4.74 Å². The van der Waals surface area contributed by atoms with E-state index in [1.807, 2.05) is 29.2 Å². The predicted molar refractivity (Wildman–Crippen MR) is 118 cm³/mol. The third-order valence-electron chi connectivity index (χ3n) is 5.41. The highest BCUT2D eigenvalue weighted by Crippen LogP contribution is 2.47. The number of anilines is 1. The van der Waals surface area contributed by atoms with E-state index in [9.17, 15) is 13.2 Å². The molecule has 0 bridgehead atoms. The zero-order valence-electron chi connectivity index (χ0n) is 15.9. The Hall–Kier alpha value is -1.55. The van der Waals surface area contributed by atoms with Gasteiger partial charge < -0.3 is 4.74 Å². The fourth-order valence-corrected chi connectivity index (χ4v) is 6.90. The maximum atomic E-state index is 13.0. The van der Waals surface area contributed by atoms with Gasteiger partial charge in [-0.05, 0) is 61.4 Å². The second-order valence-corrected chi connectivity index (χ2v) is 11.2. The van der Waals surface area contributed by atoms with Gasteiger partial charge in [0.1, 0.15) is 5.75 Å². The van der Waals surface area contributed by atoms with Crippen molar-refractivity contribution in [2.45, 2.75) is 22.6 Å². The Kier molecular flexibility index (Phi) is 5.67. The molecule has 6 nitrogen and oxygen atoms in total. The zero-order valence-corrected chi connectivity index (χ0v) is 19.1. The number of thioether (sulfide) groups is 1. The molecule has 0 aliphatic carbocycles. The molecule has 1 amide bonds. The molecule has 4 rings (SSSR count). The molecule has 2 fully saturated rings. The first-order valence-corrected chi connectivity index (χ1v) is 12.4. The Labute approximate surface area is 183 Å². The molecule has 0 saturated carbocycles. The molecule has 2 aromatic carbocycles. The normalized spacial score (nSPS) is 19.7. The number of ether oxygens (including phenoxy) is 1. The molecule has 2 aromatic rings. The van der Waals surface area contributed by atoms with Crippen LogP contribution in [-0.4, -0.2) is 49.5 Å². The average Bonchev–Trinajstić information content (AvgIpc) is 3.04. The van der Waals surface area contributed by atoms with E-state index in [1.165, 1.54) is 4.31 Å². The Morgan fingerprint density at radius 3 is 2.24 bits per heavy atom. The molecule has 0 aromatic heterocycles. The lowest BCUT2D eigenvalue weighted by Gasteiger charge is -2.43. The monoisotopic (exact) mass is 496 g/mol. The maximum Gasteiger partial charge on any atom is 0.243 e. The van der Waals surface area contributed by atoms with Crippen molar-refractivity contribution in [3.05, 3.63) is 53.0 Å². The number of amides is 1. The molecule has 0 radical (unpaired) electrons. The number of carbonyl (C=O) groups excluding carboxylic acids is 1. The van der Waals surface area contributed by atoms with Crippen LogP contribution in [0.4, 0.5) is 5.69 Å². The van der Waals surface area contributed by atoms with Gasteiger partial charge in [-0.2, -0.15) is 4.31 Å². The van der Waals surface area contributed by atoms with Crippen molar-refractivity contribution in [3.63, 3.8) is 0 Å². The van der Waals surface area contributed by atoms with Crippen molar-refractivity contribution < 1.29 is 17.9 Å². The van der Waals surface area contributed by atoms with Gasteiger partial charge >= 0.3 is 0 Å². The van der Waals surface area contributed by atoms with Gasteiger partial charge in [0.05, 0.1) is 22.6 Å². The molecule has 9 heteroatoms. The summed E-state index contributed by atoms with van der Waals surface area (Å²) in [7, 11) is -1.94. The van der Waals surface area contributed by atoms with Crippen molar-refractivity contribution in [1.82, 2.24) is 4.31 Å². The number of carbonyl (C=O) groups is 1. The fraction of sp³-hybridized carbons (Fsp3) is 0.350. The van der Waals surface area contributed by atoms with Gasteiger partial charge in [0.15, 0.2) is 0 Å². The highest BCUT2D eigenvalue weighted by molar-refractivity contribution is 9.10. The first kappa shape index (κ1) is 20.7. The molecular weight excluding hydrogens is 476 g/mol. The van der Waals surface area contributed by atoms with Crippen LogP contribution >= 0.6 is 27.7 Å². The van der Waals surface area contributed by atoms with Gasteiger partial charge in [-0.25, -0.2) is 8.42 Å². The second-order valence-electron chi connectivity index (χ2n) is 7.02. The van der Waals surface area contributed by atoms with Crippen molar-refractivity contribution in [2.75, 3.05) is 30.9 Å². The summed E-state index contributed by atoms with van der Waals surface area (Å²) in [6.07, 6.45) is 1.18. The van der Waals surface area contributed by atoms with Gasteiger partial charge in [0.25, 0.3) is 0 Å². The third-order valence-corrected chi connectivity index (χ3v) is 9.37. The number of rotatable bonds is 4. The molecule has 2 saturated heterocycles.